The molecule has 0 spiro atoms. The zero-order valence-corrected chi connectivity index (χ0v) is 53.4. The van der Waals surface area contributed by atoms with E-state index in [1.165, 1.54) is 145 Å². The predicted molar refractivity (Wildman–Crippen MR) is 417 cm³/mol. The molecule has 0 amide bonds. The Morgan fingerprint density at radius 2 is 0.216 bits per heavy atom. The Morgan fingerprint density at radius 3 is 0.402 bits per heavy atom. The van der Waals surface area contributed by atoms with Crippen LogP contribution in [0.3, 0.4) is 0 Å². The van der Waals surface area contributed by atoms with E-state index >= 15 is 0 Å². The van der Waals surface area contributed by atoms with Crippen molar-refractivity contribution in [1.82, 2.24) is 0 Å². The van der Waals surface area contributed by atoms with Crippen molar-refractivity contribution in [3.05, 3.63) is 425 Å². The van der Waals surface area contributed by atoms with Gasteiger partial charge in [-0.25, -0.2) is 0 Å². The summed E-state index contributed by atoms with van der Waals surface area (Å²) in [6.45, 7) is 0. The average molecular weight is 1240 g/mol. The second kappa shape index (κ2) is 31.0. The highest BCUT2D eigenvalue weighted by atomic mass is 14.3. The van der Waals surface area contributed by atoms with Crippen LogP contribution < -0.4 is 0 Å². The van der Waals surface area contributed by atoms with Crippen LogP contribution >= 0.6 is 0 Å². The van der Waals surface area contributed by atoms with Crippen molar-refractivity contribution in [2.45, 2.75) is 7.43 Å². The molecule has 0 saturated carbocycles. The van der Waals surface area contributed by atoms with Crippen LogP contribution in [0.25, 0.3) is 145 Å². The molecular formula is C97H74. The van der Waals surface area contributed by atoms with Gasteiger partial charge in [-0.2, -0.15) is 0 Å². The summed E-state index contributed by atoms with van der Waals surface area (Å²) >= 11 is 0. The molecular weight excluding hydrogens is 1170 g/mol. The summed E-state index contributed by atoms with van der Waals surface area (Å²) in [6.07, 6.45) is 0. The van der Waals surface area contributed by atoms with E-state index < -0.39 is 0 Å². The van der Waals surface area contributed by atoms with Crippen LogP contribution in [0.2, 0.25) is 0 Å². The van der Waals surface area contributed by atoms with Gasteiger partial charge in [0.15, 0.2) is 0 Å². The predicted octanol–water partition coefficient (Wildman–Crippen LogP) is 27.4. The van der Waals surface area contributed by atoms with E-state index in [4.69, 9.17) is 0 Å². The molecule has 16 aromatic carbocycles. The first-order valence-corrected chi connectivity index (χ1v) is 33.0. The minimum absolute atomic E-state index is 0. The van der Waals surface area contributed by atoms with Crippen molar-refractivity contribution >= 4 is 0 Å². The van der Waals surface area contributed by atoms with Gasteiger partial charge in [-0.05, 0) is 163 Å². The Bertz CT molecular complexity index is 4580. The highest BCUT2D eigenvalue weighted by Crippen LogP contribution is 2.51. The first kappa shape index (κ1) is 63.3. The van der Waals surface area contributed by atoms with Crippen molar-refractivity contribution in [3.63, 3.8) is 0 Å². The highest BCUT2D eigenvalue weighted by molar-refractivity contribution is 6.08. The molecule has 97 heavy (non-hydrogen) atoms. The van der Waals surface area contributed by atoms with Gasteiger partial charge in [0, 0.05) is 0 Å². The minimum Gasteiger partial charge on any atom is -0.0776 e. The summed E-state index contributed by atoms with van der Waals surface area (Å²) in [4.78, 5) is 0. The first-order valence-electron chi connectivity index (χ1n) is 33.0. The number of hydrogen-bond acceptors (Lipinski definition) is 0. The quantitative estimate of drug-likeness (QED) is 0.108. The van der Waals surface area contributed by atoms with Gasteiger partial charge in [0.1, 0.15) is 0 Å². The third kappa shape index (κ3) is 14.4. The maximum Gasteiger partial charge on any atom is -0.00143 e. The number of rotatable bonds is 13. The van der Waals surface area contributed by atoms with E-state index in [-0.39, 0.29) is 7.43 Å². The van der Waals surface area contributed by atoms with Crippen LogP contribution in [-0.4, -0.2) is 0 Å². The summed E-state index contributed by atoms with van der Waals surface area (Å²) in [5.41, 5.74) is 32.2. The second-order valence-corrected chi connectivity index (χ2v) is 23.7. The van der Waals surface area contributed by atoms with E-state index in [1.807, 2.05) is 0 Å². The monoisotopic (exact) mass is 1240 g/mol. The molecule has 16 rings (SSSR count). The Hall–Kier alpha value is -12.5. The Kier molecular flexibility index (Phi) is 20.2. The Labute approximate surface area is 573 Å². The fraction of sp³-hybridized carbons (Fsp3) is 0.0103. The van der Waals surface area contributed by atoms with Crippen LogP contribution in [0, 0.1) is 0 Å². The van der Waals surface area contributed by atoms with Crippen molar-refractivity contribution in [1.29, 1.82) is 0 Å². The van der Waals surface area contributed by atoms with Crippen molar-refractivity contribution < 1.29 is 0 Å². The normalized spacial score (nSPS) is 10.6. The third-order valence-electron chi connectivity index (χ3n) is 17.7. The molecule has 0 N–H and O–H groups in total. The lowest BCUT2D eigenvalue weighted by atomic mass is 9.79. The molecule has 0 radical (unpaired) electrons. The largest absolute Gasteiger partial charge is 0.0776 e. The molecule has 16 aromatic rings. The van der Waals surface area contributed by atoms with E-state index in [0.29, 0.717) is 0 Å². The van der Waals surface area contributed by atoms with Crippen LogP contribution in [0.15, 0.2) is 425 Å². The fourth-order valence-electron chi connectivity index (χ4n) is 13.2. The van der Waals surface area contributed by atoms with Crippen LogP contribution in [-0.2, 0) is 0 Å². The topological polar surface area (TPSA) is 0 Å². The van der Waals surface area contributed by atoms with Crippen molar-refractivity contribution in [2.24, 2.45) is 0 Å². The van der Waals surface area contributed by atoms with Gasteiger partial charge < -0.3 is 0 Å². The molecule has 0 unspecified atom stereocenters. The summed E-state index contributed by atoms with van der Waals surface area (Å²) in [6, 6.07) is 151. The molecule has 0 aliphatic heterocycles. The average Bonchev–Trinajstić information content (AvgIpc) is 0.751. The number of benzene rings is 16. The molecule has 0 aliphatic rings. The van der Waals surface area contributed by atoms with E-state index in [0.717, 1.165) is 0 Å². The molecule has 0 bridgehead atoms. The number of hydrogen-bond donors (Lipinski definition) is 0. The maximum absolute atomic E-state index is 2.39. The summed E-state index contributed by atoms with van der Waals surface area (Å²) < 4.78 is 0. The first-order chi connectivity index (χ1) is 47.7. The maximum atomic E-state index is 2.39. The minimum atomic E-state index is 0. The lowest BCUT2D eigenvalue weighted by molar-refractivity contribution is 1.53. The molecule has 0 heterocycles. The molecule has 462 valence electrons. The lowest BCUT2D eigenvalue weighted by Gasteiger charge is -2.24. The molecule has 0 atom stereocenters. The molecule has 0 heteroatoms. The van der Waals surface area contributed by atoms with Gasteiger partial charge in [-0.1, -0.05) is 414 Å². The van der Waals surface area contributed by atoms with Gasteiger partial charge in [-0.15, -0.1) is 0 Å². The zero-order chi connectivity index (χ0) is 64.5. The molecule has 0 saturated heterocycles. The third-order valence-corrected chi connectivity index (χ3v) is 17.7. The van der Waals surface area contributed by atoms with E-state index in [9.17, 15) is 0 Å². The van der Waals surface area contributed by atoms with E-state index in [1.54, 1.807) is 0 Å². The molecule has 0 nitrogen and oxygen atoms in total. The van der Waals surface area contributed by atoms with Gasteiger partial charge in [0.05, 0.1) is 0 Å². The van der Waals surface area contributed by atoms with Gasteiger partial charge in [-0.3, -0.25) is 0 Å². The van der Waals surface area contributed by atoms with Gasteiger partial charge in [0.2, 0.25) is 0 Å². The van der Waals surface area contributed by atoms with Gasteiger partial charge >= 0.3 is 0 Å². The van der Waals surface area contributed by atoms with Crippen molar-refractivity contribution in [3.8, 4) is 145 Å². The molecule has 0 aliphatic carbocycles. The zero-order valence-electron chi connectivity index (χ0n) is 53.4. The fourth-order valence-corrected chi connectivity index (χ4v) is 13.2. The summed E-state index contributed by atoms with van der Waals surface area (Å²) in [7, 11) is 0. The van der Waals surface area contributed by atoms with Crippen LogP contribution in [0.5, 0.6) is 0 Å². The second-order valence-electron chi connectivity index (χ2n) is 23.7. The Balaban J connectivity index is 0.000000131. The lowest BCUT2D eigenvalue weighted by Crippen LogP contribution is -1.98. The SMILES string of the molecule is C.c1ccc(-c2cc(-c3ccccc3)c(-c3ccccc3)c(-c3ccccc3)c2-c2ccccc2)cc1.c1ccc(-c2cc(-c3ccccc3)c(-c3ccccc3)cc2-c2ccccc2)cc1.c1ccc(-c2ccc(-c3ccccc3)c(-c3ccccc3)c2-c2ccccc2)cc1. The van der Waals surface area contributed by atoms with Crippen LogP contribution in [0.4, 0.5) is 0 Å². The Morgan fingerprint density at radius 1 is 0.0928 bits per heavy atom. The van der Waals surface area contributed by atoms with Crippen molar-refractivity contribution in [2.75, 3.05) is 0 Å². The molecule has 0 aromatic heterocycles. The molecule has 0 fully saturated rings. The van der Waals surface area contributed by atoms with Crippen LogP contribution in [0.1, 0.15) is 7.43 Å². The van der Waals surface area contributed by atoms with E-state index in [2.05, 4.69) is 425 Å². The smallest absolute Gasteiger partial charge is 0.00143 e. The summed E-state index contributed by atoms with van der Waals surface area (Å²) in [5, 5.41) is 0. The highest BCUT2D eigenvalue weighted by Gasteiger charge is 2.24. The van der Waals surface area contributed by atoms with Gasteiger partial charge in [0.25, 0.3) is 0 Å². The summed E-state index contributed by atoms with van der Waals surface area (Å²) in [5.74, 6) is 0. The standard InChI is InChI=1S/C36H26.2C30H22.CH4/c1-6-16-27(17-7-1)32-26-33(28-18-8-2-9-19-28)35(30-22-12-4-13-23-30)36(31-24-14-5-15-25-31)34(32)29-20-10-3-11-21-29;1-5-13-23(14-6-1)27-21-29(25-17-9-3-10-18-25)30(26-19-11-4-12-20-26)22-28(27)24-15-7-2-8-16-24;1-5-13-23(14-6-1)27-21-22-28(24-15-7-2-8-16-24)30(26-19-11-4-12-20-26)29(27)25-17-9-3-10-18-25;/h1-26H;2*1-22H;1H4.